The van der Waals surface area contributed by atoms with Crippen LogP contribution in [0, 0.1) is 0 Å². The Morgan fingerprint density at radius 2 is 1.86 bits per heavy atom. The van der Waals surface area contributed by atoms with Gasteiger partial charge in [0.15, 0.2) is 0 Å². The topological polar surface area (TPSA) is 81.4 Å². The summed E-state index contributed by atoms with van der Waals surface area (Å²) in [6, 6.07) is 5.47. The highest BCUT2D eigenvalue weighted by molar-refractivity contribution is 8.26. The number of rotatable bonds is 10. The van der Waals surface area contributed by atoms with Crippen LogP contribution in [0.1, 0.15) is 44.6 Å². The molecule has 4 rings (SSSR count). The Morgan fingerprint density at radius 1 is 1.09 bits per heavy atom. The van der Waals surface area contributed by atoms with Crippen LogP contribution >= 0.6 is 24.0 Å². The number of aliphatic hydroxyl groups excluding tert-OH is 1. The molecule has 0 aromatic carbocycles. The van der Waals surface area contributed by atoms with Crippen LogP contribution in [-0.2, 0) is 4.79 Å². The molecule has 2 aromatic rings. The summed E-state index contributed by atoms with van der Waals surface area (Å²) in [5.41, 5.74) is 0.781. The smallest absolute Gasteiger partial charge is 0.267 e. The number of β-amino-alcohol motifs (C(OH)–C–C–N with tert-alkyl or cyclic N) is 1. The number of piperazine rings is 1. The first-order valence-electron chi connectivity index (χ1n) is 12.4. The normalized spacial score (nSPS) is 18.4. The van der Waals surface area contributed by atoms with Gasteiger partial charge >= 0.3 is 0 Å². The Kier molecular flexibility index (Phi) is 8.94. The molecule has 2 fully saturated rings. The highest BCUT2D eigenvalue weighted by atomic mass is 32.2. The van der Waals surface area contributed by atoms with Crippen LogP contribution in [0.5, 0.6) is 0 Å². The zero-order valence-corrected chi connectivity index (χ0v) is 21.8. The van der Waals surface area contributed by atoms with E-state index in [2.05, 4.69) is 16.7 Å². The Morgan fingerprint density at radius 3 is 2.60 bits per heavy atom. The van der Waals surface area contributed by atoms with E-state index in [0.717, 1.165) is 32.4 Å². The van der Waals surface area contributed by atoms with E-state index in [9.17, 15) is 14.7 Å². The minimum atomic E-state index is -0.201. The molecule has 0 radical (unpaired) electrons. The monoisotopic (exact) mass is 515 g/mol. The first kappa shape index (κ1) is 25.8. The molecule has 1 amide bonds. The average Bonchev–Trinajstić information content (AvgIpc) is 3.13. The van der Waals surface area contributed by atoms with Crippen molar-refractivity contribution in [2.75, 3.05) is 50.8 Å². The standard InChI is InChI=1S/C25H33N5O3S2/c1-2-3-4-5-7-11-30-24(33)20(35-25(30)34)18-19-22(28-14-12-27(13-15-28)16-17-31)26-21-9-6-8-10-29(21)23(19)32/h6,8-10,18,31H,2-5,7,11-17H2,1H3/b20-18-. The van der Waals surface area contributed by atoms with Gasteiger partial charge in [0.05, 0.1) is 17.1 Å². The van der Waals surface area contributed by atoms with Gasteiger partial charge in [0, 0.05) is 45.5 Å². The van der Waals surface area contributed by atoms with Gasteiger partial charge in [0.2, 0.25) is 0 Å². The summed E-state index contributed by atoms with van der Waals surface area (Å²) in [5, 5.41) is 9.25. The van der Waals surface area contributed by atoms with E-state index in [1.165, 1.54) is 29.0 Å². The molecule has 2 saturated heterocycles. The summed E-state index contributed by atoms with van der Waals surface area (Å²) in [4.78, 5) is 38.0. The van der Waals surface area contributed by atoms with Gasteiger partial charge in [0.25, 0.3) is 11.5 Å². The predicted molar refractivity (Wildman–Crippen MR) is 146 cm³/mol. The van der Waals surface area contributed by atoms with Crippen molar-refractivity contribution in [2.24, 2.45) is 0 Å². The van der Waals surface area contributed by atoms with E-state index in [1.54, 1.807) is 23.2 Å². The number of amides is 1. The van der Waals surface area contributed by atoms with Gasteiger partial charge in [-0.05, 0) is 24.6 Å². The second kappa shape index (κ2) is 12.1. The lowest BCUT2D eigenvalue weighted by atomic mass is 10.1. The summed E-state index contributed by atoms with van der Waals surface area (Å²) in [7, 11) is 0. The number of hydrogen-bond donors (Lipinski definition) is 1. The number of thiocarbonyl (C=S) groups is 1. The molecular formula is C25H33N5O3S2. The van der Waals surface area contributed by atoms with E-state index < -0.39 is 0 Å². The third-order valence-corrected chi connectivity index (χ3v) is 7.85. The lowest BCUT2D eigenvalue weighted by Crippen LogP contribution is -2.48. The van der Waals surface area contributed by atoms with Gasteiger partial charge < -0.3 is 10.0 Å². The number of nitrogens with zero attached hydrogens (tertiary/aromatic N) is 5. The summed E-state index contributed by atoms with van der Waals surface area (Å²) in [5.74, 6) is 0.460. The fourth-order valence-electron chi connectivity index (χ4n) is 4.48. The molecule has 2 aromatic heterocycles. The average molecular weight is 516 g/mol. The SMILES string of the molecule is CCCCCCCN1C(=O)/C(=C/c2c(N3CCN(CCO)CC3)nc3ccccn3c2=O)SC1=S. The molecule has 2 aliphatic heterocycles. The van der Waals surface area contributed by atoms with E-state index in [1.807, 2.05) is 12.1 Å². The fraction of sp³-hybridized carbons (Fsp3) is 0.520. The molecule has 0 unspecified atom stereocenters. The molecule has 0 aliphatic carbocycles. The molecule has 188 valence electrons. The van der Waals surface area contributed by atoms with Gasteiger partial charge in [-0.2, -0.15) is 0 Å². The Balaban J connectivity index is 1.62. The minimum absolute atomic E-state index is 0.126. The molecular weight excluding hydrogens is 482 g/mol. The number of aromatic nitrogens is 2. The van der Waals surface area contributed by atoms with Gasteiger partial charge in [-0.1, -0.05) is 62.7 Å². The lowest BCUT2D eigenvalue weighted by Gasteiger charge is -2.35. The number of hydrogen-bond acceptors (Lipinski definition) is 8. The molecule has 4 heterocycles. The highest BCUT2D eigenvalue weighted by Crippen LogP contribution is 2.34. The lowest BCUT2D eigenvalue weighted by molar-refractivity contribution is -0.122. The molecule has 8 nitrogen and oxygen atoms in total. The second-order valence-corrected chi connectivity index (χ2v) is 10.6. The predicted octanol–water partition coefficient (Wildman–Crippen LogP) is 2.98. The van der Waals surface area contributed by atoms with E-state index in [4.69, 9.17) is 17.2 Å². The summed E-state index contributed by atoms with van der Waals surface area (Å²) < 4.78 is 2.07. The van der Waals surface area contributed by atoms with Crippen molar-refractivity contribution in [2.45, 2.75) is 39.0 Å². The molecule has 2 aliphatic rings. The van der Waals surface area contributed by atoms with Crippen molar-refractivity contribution in [3.05, 3.63) is 45.2 Å². The number of thioether (sulfide) groups is 1. The molecule has 0 atom stereocenters. The van der Waals surface area contributed by atoms with Crippen molar-refractivity contribution in [3.8, 4) is 0 Å². The van der Waals surface area contributed by atoms with Gasteiger partial charge in [-0.25, -0.2) is 4.98 Å². The highest BCUT2D eigenvalue weighted by Gasteiger charge is 2.32. The third kappa shape index (κ3) is 5.94. The number of carbonyl (C=O) groups excluding carboxylic acids is 1. The van der Waals surface area contributed by atoms with E-state index in [0.29, 0.717) is 52.4 Å². The van der Waals surface area contributed by atoms with Gasteiger partial charge in [-0.15, -0.1) is 0 Å². The van der Waals surface area contributed by atoms with Crippen LogP contribution in [0.4, 0.5) is 5.82 Å². The first-order chi connectivity index (χ1) is 17.0. The largest absolute Gasteiger partial charge is 0.395 e. The maximum Gasteiger partial charge on any atom is 0.267 e. The summed E-state index contributed by atoms with van der Waals surface area (Å²) in [6.45, 7) is 6.48. The van der Waals surface area contributed by atoms with Crippen LogP contribution in [0.15, 0.2) is 34.1 Å². The van der Waals surface area contributed by atoms with Crippen LogP contribution in [-0.4, -0.2) is 80.4 Å². The zero-order chi connectivity index (χ0) is 24.8. The van der Waals surface area contributed by atoms with E-state index in [-0.39, 0.29) is 18.1 Å². The molecule has 0 spiro atoms. The number of anilines is 1. The minimum Gasteiger partial charge on any atom is -0.395 e. The number of fused-ring (bicyclic) bond motifs is 1. The van der Waals surface area contributed by atoms with Crippen LogP contribution < -0.4 is 10.5 Å². The van der Waals surface area contributed by atoms with Crippen molar-refractivity contribution in [1.29, 1.82) is 0 Å². The molecule has 35 heavy (non-hydrogen) atoms. The number of pyridine rings is 1. The maximum atomic E-state index is 13.5. The Bertz CT molecular complexity index is 1160. The van der Waals surface area contributed by atoms with Crippen molar-refractivity contribution >= 4 is 51.7 Å². The number of carbonyl (C=O) groups is 1. The van der Waals surface area contributed by atoms with Crippen LogP contribution in [0.25, 0.3) is 11.7 Å². The first-order valence-corrected chi connectivity index (χ1v) is 13.6. The second-order valence-electron chi connectivity index (χ2n) is 8.88. The molecule has 0 bridgehead atoms. The van der Waals surface area contributed by atoms with Gasteiger partial charge in [-0.3, -0.25) is 23.8 Å². The molecule has 10 heteroatoms. The molecule has 1 N–H and O–H groups in total. The van der Waals surface area contributed by atoms with Gasteiger partial charge in [0.1, 0.15) is 15.8 Å². The van der Waals surface area contributed by atoms with Crippen molar-refractivity contribution in [1.82, 2.24) is 19.2 Å². The number of unbranched alkanes of at least 4 members (excludes halogenated alkanes) is 4. The Hall–Kier alpha value is -2.27. The maximum absolute atomic E-state index is 13.5. The number of aliphatic hydroxyl groups is 1. The van der Waals surface area contributed by atoms with Crippen LogP contribution in [0.3, 0.4) is 0 Å². The fourth-order valence-corrected chi connectivity index (χ4v) is 5.77. The van der Waals surface area contributed by atoms with Crippen molar-refractivity contribution in [3.63, 3.8) is 0 Å². The van der Waals surface area contributed by atoms with Crippen LogP contribution in [0.2, 0.25) is 0 Å². The van der Waals surface area contributed by atoms with E-state index >= 15 is 0 Å². The third-order valence-electron chi connectivity index (χ3n) is 6.47. The zero-order valence-electron chi connectivity index (χ0n) is 20.2. The summed E-state index contributed by atoms with van der Waals surface area (Å²) in [6.07, 6.45) is 8.92. The molecule has 0 saturated carbocycles. The quantitative estimate of drug-likeness (QED) is 0.294. The van der Waals surface area contributed by atoms with Crippen molar-refractivity contribution < 1.29 is 9.90 Å². The Labute approximate surface area is 215 Å². The summed E-state index contributed by atoms with van der Waals surface area (Å²) >= 11 is 6.77.